The molecular weight excluding hydrogens is 158 g/mol. The molecule has 0 spiro atoms. The topological polar surface area (TPSA) is 3.24 Å². The van der Waals surface area contributed by atoms with E-state index in [-0.39, 0.29) is 0 Å². The van der Waals surface area contributed by atoms with Crippen molar-refractivity contribution in [1.29, 1.82) is 0 Å². The van der Waals surface area contributed by atoms with E-state index >= 15 is 0 Å². The van der Waals surface area contributed by atoms with E-state index in [4.69, 9.17) is 11.6 Å². The van der Waals surface area contributed by atoms with Gasteiger partial charge in [-0.1, -0.05) is 26.7 Å². The Labute approximate surface area is 75.7 Å². The number of alkyl halides is 1. The first kappa shape index (κ1) is 11.2. The third kappa shape index (κ3) is 5.51. The maximum absolute atomic E-state index is 5.62. The Balaban J connectivity index is 3.44. The standard InChI is InChI=1S/C9H20ClN/c1-4-9(5-2)8-11(3)7-6-10/h9H,4-8H2,1-3H3. The lowest BCUT2D eigenvalue weighted by molar-refractivity contribution is 0.280. The van der Waals surface area contributed by atoms with Crippen LogP contribution < -0.4 is 0 Å². The van der Waals surface area contributed by atoms with E-state index in [0.717, 1.165) is 18.3 Å². The molecule has 11 heavy (non-hydrogen) atoms. The van der Waals surface area contributed by atoms with Gasteiger partial charge in [0, 0.05) is 19.0 Å². The third-order valence-corrected chi connectivity index (χ3v) is 2.36. The smallest absolute Gasteiger partial charge is 0.0351 e. The summed E-state index contributed by atoms with van der Waals surface area (Å²) in [5.41, 5.74) is 0. The third-order valence-electron chi connectivity index (χ3n) is 2.19. The van der Waals surface area contributed by atoms with Crippen LogP contribution in [0.15, 0.2) is 0 Å². The molecule has 0 aliphatic carbocycles. The Hall–Kier alpha value is 0.250. The molecule has 0 aromatic rings. The molecule has 0 N–H and O–H groups in total. The highest BCUT2D eigenvalue weighted by Crippen LogP contribution is 2.08. The van der Waals surface area contributed by atoms with Gasteiger partial charge < -0.3 is 4.90 Å². The van der Waals surface area contributed by atoms with Crippen LogP contribution in [0.3, 0.4) is 0 Å². The minimum absolute atomic E-state index is 0.747. The normalized spacial score (nSPS) is 11.5. The van der Waals surface area contributed by atoms with Gasteiger partial charge in [-0.05, 0) is 13.0 Å². The van der Waals surface area contributed by atoms with Gasteiger partial charge in [0.25, 0.3) is 0 Å². The van der Waals surface area contributed by atoms with Gasteiger partial charge in [0.05, 0.1) is 0 Å². The first-order valence-corrected chi connectivity index (χ1v) is 5.02. The molecule has 0 amide bonds. The van der Waals surface area contributed by atoms with Crippen LogP contribution in [-0.2, 0) is 0 Å². The molecule has 0 aromatic carbocycles. The van der Waals surface area contributed by atoms with Crippen LogP contribution in [0.4, 0.5) is 0 Å². The molecule has 0 bridgehead atoms. The highest BCUT2D eigenvalue weighted by molar-refractivity contribution is 6.18. The molecular formula is C9H20ClN. The van der Waals surface area contributed by atoms with Gasteiger partial charge in [-0.15, -0.1) is 11.6 Å². The van der Waals surface area contributed by atoms with Crippen LogP contribution in [0, 0.1) is 5.92 Å². The fourth-order valence-corrected chi connectivity index (χ4v) is 1.51. The summed E-state index contributed by atoms with van der Waals surface area (Å²) in [7, 11) is 2.14. The Morgan fingerprint density at radius 3 is 2.18 bits per heavy atom. The lowest BCUT2D eigenvalue weighted by Gasteiger charge is -2.20. The zero-order chi connectivity index (χ0) is 8.69. The van der Waals surface area contributed by atoms with E-state index in [1.807, 2.05) is 0 Å². The monoisotopic (exact) mass is 177 g/mol. The average molecular weight is 178 g/mol. The van der Waals surface area contributed by atoms with E-state index in [1.165, 1.54) is 19.4 Å². The van der Waals surface area contributed by atoms with E-state index in [0.29, 0.717) is 0 Å². The number of hydrogen-bond acceptors (Lipinski definition) is 1. The maximum Gasteiger partial charge on any atom is 0.0351 e. The summed E-state index contributed by atoms with van der Waals surface area (Å²) in [6.45, 7) is 6.71. The van der Waals surface area contributed by atoms with E-state index in [9.17, 15) is 0 Å². The Bertz CT molecular complexity index is 81.6. The van der Waals surface area contributed by atoms with Crippen molar-refractivity contribution in [2.75, 3.05) is 26.0 Å². The predicted molar refractivity (Wildman–Crippen MR) is 52.3 cm³/mol. The van der Waals surface area contributed by atoms with Crippen molar-refractivity contribution in [3.05, 3.63) is 0 Å². The highest BCUT2D eigenvalue weighted by Gasteiger charge is 2.05. The molecule has 1 nitrogen and oxygen atoms in total. The Morgan fingerprint density at radius 1 is 1.27 bits per heavy atom. The summed E-state index contributed by atoms with van der Waals surface area (Å²) in [4.78, 5) is 2.31. The molecule has 0 aliphatic heterocycles. The van der Waals surface area contributed by atoms with Crippen LogP contribution in [0.25, 0.3) is 0 Å². The highest BCUT2D eigenvalue weighted by atomic mass is 35.5. The van der Waals surface area contributed by atoms with Gasteiger partial charge in [-0.2, -0.15) is 0 Å². The molecule has 0 saturated carbocycles. The molecule has 0 atom stereocenters. The van der Waals surface area contributed by atoms with Gasteiger partial charge >= 0.3 is 0 Å². The number of halogens is 1. The lowest BCUT2D eigenvalue weighted by atomic mass is 10.0. The average Bonchev–Trinajstić information content (AvgIpc) is 2.01. The number of nitrogens with zero attached hydrogens (tertiary/aromatic N) is 1. The minimum atomic E-state index is 0.747. The van der Waals surface area contributed by atoms with Crippen LogP contribution in [0.2, 0.25) is 0 Å². The largest absolute Gasteiger partial charge is 0.305 e. The van der Waals surface area contributed by atoms with Gasteiger partial charge in [-0.25, -0.2) is 0 Å². The van der Waals surface area contributed by atoms with Crippen LogP contribution >= 0.6 is 11.6 Å². The summed E-state index contributed by atoms with van der Waals surface area (Å²) in [5.74, 6) is 1.60. The molecule has 0 radical (unpaired) electrons. The van der Waals surface area contributed by atoms with Crippen molar-refractivity contribution in [3.63, 3.8) is 0 Å². The van der Waals surface area contributed by atoms with Crippen LogP contribution in [-0.4, -0.2) is 30.9 Å². The summed E-state index contributed by atoms with van der Waals surface area (Å²) in [5, 5.41) is 0. The second-order valence-corrected chi connectivity index (χ2v) is 3.51. The fourth-order valence-electron chi connectivity index (χ4n) is 1.22. The van der Waals surface area contributed by atoms with Crippen molar-refractivity contribution in [3.8, 4) is 0 Å². The van der Waals surface area contributed by atoms with E-state index in [2.05, 4.69) is 25.8 Å². The maximum atomic E-state index is 5.62. The molecule has 68 valence electrons. The first-order valence-electron chi connectivity index (χ1n) is 4.49. The van der Waals surface area contributed by atoms with Crippen molar-refractivity contribution in [2.24, 2.45) is 5.92 Å². The molecule has 0 aliphatic rings. The molecule has 0 aromatic heterocycles. The second-order valence-electron chi connectivity index (χ2n) is 3.13. The zero-order valence-corrected chi connectivity index (χ0v) is 8.69. The number of hydrogen-bond donors (Lipinski definition) is 0. The molecule has 0 heterocycles. The SMILES string of the molecule is CCC(CC)CN(C)CCCl. The van der Waals surface area contributed by atoms with Gasteiger partial charge in [0.2, 0.25) is 0 Å². The first-order chi connectivity index (χ1) is 5.24. The fraction of sp³-hybridized carbons (Fsp3) is 1.00. The van der Waals surface area contributed by atoms with Gasteiger partial charge in [0.15, 0.2) is 0 Å². The minimum Gasteiger partial charge on any atom is -0.305 e. The number of rotatable bonds is 6. The molecule has 0 saturated heterocycles. The van der Waals surface area contributed by atoms with Crippen LogP contribution in [0.5, 0.6) is 0 Å². The summed E-state index contributed by atoms with van der Waals surface area (Å²) >= 11 is 5.62. The predicted octanol–water partition coefficient (Wildman–Crippen LogP) is 2.59. The van der Waals surface area contributed by atoms with Crippen molar-refractivity contribution in [1.82, 2.24) is 4.90 Å². The van der Waals surface area contributed by atoms with Crippen LogP contribution in [0.1, 0.15) is 26.7 Å². The van der Waals surface area contributed by atoms with Crippen molar-refractivity contribution < 1.29 is 0 Å². The van der Waals surface area contributed by atoms with Crippen molar-refractivity contribution >= 4 is 11.6 Å². The van der Waals surface area contributed by atoms with Crippen molar-refractivity contribution in [2.45, 2.75) is 26.7 Å². The molecule has 0 rings (SSSR count). The molecule has 2 heteroatoms. The van der Waals surface area contributed by atoms with E-state index < -0.39 is 0 Å². The summed E-state index contributed by atoms with van der Waals surface area (Å²) in [6, 6.07) is 0. The second kappa shape index (κ2) is 6.93. The van der Waals surface area contributed by atoms with Gasteiger partial charge in [-0.3, -0.25) is 0 Å². The van der Waals surface area contributed by atoms with Gasteiger partial charge in [0.1, 0.15) is 0 Å². The summed E-state index contributed by atoms with van der Waals surface area (Å²) in [6.07, 6.45) is 2.56. The lowest BCUT2D eigenvalue weighted by Crippen LogP contribution is -2.26. The molecule has 0 unspecified atom stereocenters. The zero-order valence-electron chi connectivity index (χ0n) is 7.94. The molecule has 0 fully saturated rings. The quantitative estimate of drug-likeness (QED) is 0.564. The van der Waals surface area contributed by atoms with E-state index in [1.54, 1.807) is 0 Å². The summed E-state index contributed by atoms with van der Waals surface area (Å²) < 4.78 is 0. The Kier molecular flexibility index (Phi) is 7.09. The Morgan fingerprint density at radius 2 is 1.82 bits per heavy atom.